The fourth-order valence-electron chi connectivity index (χ4n) is 2.97. The predicted molar refractivity (Wildman–Crippen MR) is 127 cm³/mol. The molecule has 3 aromatic rings. The predicted octanol–water partition coefficient (Wildman–Crippen LogP) is 4.08. The van der Waals surface area contributed by atoms with Crippen LogP contribution in [0.1, 0.15) is 11.1 Å². The van der Waals surface area contributed by atoms with E-state index in [0.717, 1.165) is 11.8 Å². The average molecular weight is 458 g/mol. The largest absolute Gasteiger partial charge is 0.508 e. The lowest BCUT2D eigenvalue weighted by Crippen LogP contribution is -2.14. The Morgan fingerprint density at radius 3 is 2.58 bits per heavy atom. The van der Waals surface area contributed by atoms with Gasteiger partial charge >= 0.3 is 0 Å². The van der Waals surface area contributed by atoms with Crippen molar-refractivity contribution < 1.29 is 14.6 Å². The van der Waals surface area contributed by atoms with Gasteiger partial charge in [0.2, 0.25) is 5.91 Å². The maximum atomic E-state index is 12.4. The van der Waals surface area contributed by atoms with E-state index in [4.69, 9.17) is 10.5 Å². The number of rotatable bonds is 8. The molecule has 0 unspecified atom stereocenters. The molecule has 0 radical (unpaired) electrons. The molecule has 4 N–H and O–H groups in total. The summed E-state index contributed by atoms with van der Waals surface area (Å²) in [5, 5.41) is 32.2. The number of nitrogens with two attached hydrogens (primary N) is 1. The number of amides is 1. The number of benzene rings is 2. The lowest BCUT2D eigenvalue weighted by Gasteiger charge is -2.13. The number of carbonyl (C=O) groups excluding carboxylic acids is 1. The standard InChI is InChI=1S/C24H19N5O3S/c1-2-10-32-18-8-6-16(7-9-18)28-21(31)14-33-24-20(13-26)22(19(12-25)23(27)29-24)15-4-3-5-17(30)11-15/h2-9,11,30H,1,10,14H2,(H2,27,29)(H,28,31). The SMILES string of the molecule is C=CCOc1ccc(NC(=O)CSc2nc(N)c(C#N)c(-c3cccc(O)c3)c2C#N)cc1. The number of phenols is 1. The fraction of sp³-hybridized carbons (Fsp3) is 0.0833. The second kappa shape index (κ2) is 10.7. The van der Waals surface area contributed by atoms with Crippen molar-refractivity contribution in [1.82, 2.24) is 4.98 Å². The fourth-order valence-corrected chi connectivity index (χ4v) is 3.77. The second-order valence-corrected chi connectivity index (χ2v) is 7.63. The Kier molecular flexibility index (Phi) is 7.53. The number of nitrogens with one attached hydrogen (secondary N) is 1. The summed E-state index contributed by atoms with van der Waals surface area (Å²) in [6, 6.07) is 17.1. The van der Waals surface area contributed by atoms with Gasteiger partial charge in [-0.25, -0.2) is 4.98 Å². The molecule has 1 aromatic heterocycles. The summed E-state index contributed by atoms with van der Waals surface area (Å²) in [4.78, 5) is 16.6. The summed E-state index contributed by atoms with van der Waals surface area (Å²) in [6.07, 6.45) is 1.64. The van der Waals surface area contributed by atoms with Crippen LogP contribution in [-0.4, -0.2) is 28.4 Å². The van der Waals surface area contributed by atoms with Gasteiger partial charge < -0.3 is 20.9 Å². The molecular weight excluding hydrogens is 438 g/mol. The third-order valence-electron chi connectivity index (χ3n) is 4.40. The number of aromatic nitrogens is 1. The molecule has 1 heterocycles. The summed E-state index contributed by atoms with van der Waals surface area (Å²) in [5.41, 5.74) is 7.40. The van der Waals surface area contributed by atoms with Crippen molar-refractivity contribution >= 4 is 29.2 Å². The van der Waals surface area contributed by atoms with Crippen LogP contribution in [0.15, 0.2) is 66.2 Å². The normalized spacial score (nSPS) is 10.0. The van der Waals surface area contributed by atoms with Gasteiger partial charge in [0, 0.05) is 11.3 Å². The van der Waals surface area contributed by atoms with Crippen LogP contribution in [0.2, 0.25) is 0 Å². The van der Waals surface area contributed by atoms with Crippen LogP contribution >= 0.6 is 11.8 Å². The first-order chi connectivity index (χ1) is 16.0. The van der Waals surface area contributed by atoms with E-state index in [1.165, 1.54) is 12.1 Å². The molecule has 0 saturated heterocycles. The molecule has 2 aromatic carbocycles. The lowest BCUT2D eigenvalue weighted by atomic mass is 9.97. The van der Waals surface area contributed by atoms with E-state index in [-0.39, 0.29) is 44.9 Å². The zero-order valence-electron chi connectivity index (χ0n) is 17.4. The van der Waals surface area contributed by atoms with Crippen LogP contribution in [0.5, 0.6) is 11.5 Å². The van der Waals surface area contributed by atoms with Gasteiger partial charge in [0.1, 0.15) is 46.7 Å². The quantitative estimate of drug-likeness (QED) is 0.339. The highest BCUT2D eigenvalue weighted by molar-refractivity contribution is 8.00. The van der Waals surface area contributed by atoms with E-state index >= 15 is 0 Å². The molecule has 0 fully saturated rings. The van der Waals surface area contributed by atoms with Gasteiger partial charge in [0.25, 0.3) is 0 Å². The number of anilines is 2. The molecule has 0 aliphatic carbocycles. The molecule has 0 spiro atoms. The Hall–Kier alpha value is -4.47. The van der Waals surface area contributed by atoms with Gasteiger partial charge in [0.15, 0.2) is 0 Å². The number of phenolic OH excluding ortho intramolecular Hbond substituents is 1. The number of carbonyl (C=O) groups is 1. The lowest BCUT2D eigenvalue weighted by molar-refractivity contribution is -0.113. The Bertz CT molecular complexity index is 1280. The molecule has 8 nitrogen and oxygen atoms in total. The third-order valence-corrected chi connectivity index (χ3v) is 5.37. The van der Waals surface area contributed by atoms with Crippen molar-refractivity contribution in [3.8, 4) is 34.8 Å². The zero-order valence-corrected chi connectivity index (χ0v) is 18.2. The molecule has 0 aliphatic heterocycles. The van der Waals surface area contributed by atoms with E-state index in [0.29, 0.717) is 23.6 Å². The monoisotopic (exact) mass is 457 g/mol. The van der Waals surface area contributed by atoms with Crippen LogP contribution < -0.4 is 15.8 Å². The van der Waals surface area contributed by atoms with Crippen LogP contribution in [0.3, 0.4) is 0 Å². The number of nitriles is 2. The molecule has 0 atom stereocenters. The summed E-state index contributed by atoms with van der Waals surface area (Å²) >= 11 is 1.03. The topological polar surface area (TPSA) is 145 Å². The van der Waals surface area contributed by atoms with Gasteiger partial charge in [0.05, 0.1) is 11.3 Å². The van der Waals surface area contributed by atoms with E-state index in [9.17, 15) is 20.4 Å². The summed E-state index contributed by atoms with van der Waals surface area (Å²) < 4.78 is 5.41. The van der Waals surface area contributed by atoms with Gasteiger partial charge in [-0.2, -0.15) is 10.5 Å². The number of nitrogen functional groups attached to an aromatic ring is 1. The van der Waals surface area contributed by atoms with Crippen molar-refractivity contribution in [3.05, 3.63) is 72.3 Å². The van der Waals surface area contributed by atoms with Crippen molar-refractivity contribution in [3.63, 3.8) is 0 Å². The number of aromatic hydroxyl groups is 1. The minimum atomic E-state index is -0.313. The van der Waals surface area contributed by atoms with Gasteiger partial charge in [-0.05, 0) is 42.0 Å². The first-order valence-electron chi connectivity index (χ1n) is 9.66. The maximum Gasteiger partial charge on any atom is 0.234 e. The van der Waals surface area contributed by atoms with Crippen LogP contribution in [0, 0.1) is 22.7 Å². The second-order valence-electron chi connectivity index (χ2n) is 6.66. The Morgan fingerprint density at radius 1 is 1.21 bits per heavy atom. The molecule has 0 aliphatic rings. The zero-order chi connectivity index (χ0) is 23.8. The minimum absolute atomic E-state index is 0.0230. The first-order valence-corrected chi connectivity index (χ1v) is 10.6. The molecule has 9 heteroatoms. The molecule has 0 bridgehead atoms. The Labute approximate surface area is 194 Å². The van der Waals surface area contributed by atoms with Crippen molar-refractivity contribution in [2.75, 3.05) is 23.4 Å². The number of ether oxygens (including phenoxy) is 1. The Balaban J connectivity index is 1.81. The highest BCUT2D eigenvalue weighted by Crippen LogP contribution is 2.36. The summed E-state index contributed by atoms with van der Waals surface area (Å²) in [6.45, 7) is 3.97. The van der Waals surface area contributed by atoms with E-state index < -0.39 is 0 Å². The number of hydrogen-bond acceptors (Lipinski definition) is 8. The van der Waals surface area contributed by atoms with Gasteiger partial charge in [-0.3, -0.25) is 4.79 Å². The highest BCUT2D eigenvalue weighted by atomic mass is 32.2. The number of thioether (sulfide) groups is 1. The summed E-state index contributed by atoms with van der Waals surface area (Å²) in [5.74, 6) is 0.212. The van der Waals surface area contributed by atoms with Crippen LogP contribution in [0.4, 0.5) is 11.5 Å². The number of hydrogen-bond donors (Lipinski definition) is 3. The van der Waals surface area contributed by atoms with E-state index in [1.54, 1.807) is 42.5 Å². The molecule has 164 valence electrons. The maximum absolute atomic E-state index is 12.4. The van der Waals surface area contributed by atoms with E-state index in [2.05, 4.69) is 22.9 Å². The van der Waals surface area contributed by atoms with E-state index in [1.807, 2.05) is 6.07 Å². The van der Waals surface area contributed by atoms with Crippen molar-refractivity contribution in [1.29, 1.82) is 10.5 Å². The third kappa shape index (κ3) is 5.62. The number of nitrogens with zero attached hydrogens (tertiary/aromatic N) is 3. The van der Waals surface area contributed by atoms with Crippen molar-refractivity contribution in [2.45, 2.75) is 5.03 Å². The number of pyridine rings is 1. The molecule has 1 amide bonds. The van der Waals surface area contributed by atoms with Crippen LogP contribution in [-0.2, 0) is 4.79 Å². The molecule has 0 saturated carbocycles. The van der Waals surface area contributed by atoms with Crippen LogP contribution in [0.25, 0.3) is 11.1 Å². The van der Waals surface area contributed by atoms with Crippen molar-refractivity contribution in [2.24, 2.45) is 0 Å². The molecule has 3 rings (SSSR count). The molecular formula is C24H19N5O3S. The smallest absolute Gasteiger partial charge is 0.234 e. The minimum Gasteiger partial charge on any atom is -0.508 e. The van der Waals surface area contributed by atoms with Gasteiger partial charge in [-0.15, -0.1) is 0 Å². The van der Waals surface area contributed by atoms with Gasteiger partial charge in [-0.1, -0.05) is 36.5 Å². The first kappa shape index (κ1) is 23.2. The summed E-state index contributed by atoms with van der Waals surface area (Å²) in [7, 11) is 0. The average Bonchev–Trinajstić information content (AvgIpc) is 2.81. The molecule has 33 heavy (non-hydrogen) atoms. The Morgan fingerprint density at radius 2 is 1.94 bits per heavy atom. The highest BCUT2D eigenvalue weighted by Gasteiger charge is 2.21.